The van der Waals surface area contributed by atoms with Crippen molar-refractivity contribution in [1.82, 2.24) is 0 Å². The molecule has 2 fully saturated rings. The van der Waals surface area contributed by atoms with E-state index in [1.165, 1.54) is 19.3 Å². The summed E-state index contributed by atoms with van der Waals surface area (Å²) in [6, 6.07) is 0. The zero-order valence-corrected chi connectivity index (χ0v) is 19.0. The molecule has 2 rings (SSSR count). The molecule has 0 heterocycles. The van der Waals surface area contributed by atoms with Gasteiger partial charge < -0.3 is 15.2 Å². The summed E-state index contributed by atoms with van der Waals surface area (Å²) in [5.41, 5.74) is 5.05. The summed E-state index contributed by atoms with van der Waals surface area (Å²) in [6.07, 6.45) is 12.4. The van der Waals surface area contributed by atoms with E-state index in [4.69, 9.17) is 15.2 Å². The van der Waals surface area contributed by atoms with E-state index < -0.39 is 0 Å². The van der Waals surface area contributed by atoms with Crippen LogP contribution in [0.2, 0.25) is 0 Å². The third-order valence-electron chi connectivity index (χ3n) is 5.20. The first-order chi connectivity index (χ1) is 13.4. The summed E-state index contributed by atoms with van der Waals surface area (Å²) in [4.78, 5) is 21.7. The highest BCUT2D eigenvalue weighted by Gasteiger charge is 2.22. The molecule has 28 heavy (non-hydrogen) atoms. The molecule has 5 nitrogen and oxygen atoms in total. The molecule has 5 heteroatoms. The van der Waals surface area contributed by atoms with Gasteiger partial charge in [0.25, 0.3) is 0 Å². The Hall–Kier alpha value is -0.940. The van der Waals surface area contributed by atoms with Gasteiger partial charge in [0.15, 0.2) is 0 Å². The fourth-order valence-corrected chi connectivity index (χ4v) is 3.76. The largest absolute Gasteiger partial charge is 0.378 e. The minimum Gasteiger partial charge on any atom is -0.378 e. The number of ether oxygens (including phenoxy) is 2. The second-order valence-electron chi connectivity index (χ2n) is 7.83. The maximum atomic E-state index is 11.2. The molecule has 0 spiro atoms. The van der Waals surface area contributed by atoms with E-state index in [1.54, 1.807) is 0 Å². The molecule has 0 aromatic heterocycles. The maximum Gasteiger partial charge on any atom is 0.219 e. The van der Waals surface area contributed by atoms with Crippen molar-refractivity contribution in [3.05, 3.63) is 0 Å². The predicted molar refractivity (Wildman–Crippen MR) is 115 cm³/mol. The lowest BCUT2D eigenvalue weighted by Crippen LogP contribution is -2.29. The lowest BCUT2D eigenvalue weighted by molar-refractivity contribution is -0.123. The van der Waals surface area contributed by atoms with Gasteiger partial charge in [0.1, 0.15) is 5.78 Å². The van der Waals surface area contributed by atoms with Gasteiger partial charge in [-0.3, -0.25) is 9.59 Å². The van der Waals surface area contributed by atoms with E-state index in [1.807, 2.05) is 20.8 Å². The van der Waals surface area contributed by atoms with Gasteiger partial charge in [-0.05, 0) is 52.4 Å². The molecule has 0 aliphatic heterocycles. The highest BCUT2D eigenvalue weighted by atomic mass is 16.5. The second-order valence-corrected chi connectivity index (χ2v) is 7.83. The zero-order valence-electron chi connectivity index (χ0n) is 19.0. The van der Waals surface area contributed by atoms with Crippen LogP contribution in [0.15, 0.2) is 0 Å². The van der Waals surface area contributed by atoms with Crippen LogP contribution in [0.4, 0.5) is 0 Å². The summed E-state index contributed by atoms with van der Waals surface area (Å²) in [5.74, 6) is 0.621. The first-order valence-corrected chi connectivity index (χ1v) is 11.5. The normalized spacial score (nSPS) is 22.5. The number of hydrogen-bond donors (Lipinski definition) is 1. The Balaban J connectivity index is 0.000000520. The summed E-state index contributed by atoms with van der Waals surface area (Å²) in [7, 11) is 0. The molecule has 0 radical (unpaired) electrons. The van der Waals surface area contributed by atoms with Crippen LogP contribution in [-0.4, -0.2) is 36.6 Å². The monoisotopic (exact) mass is 399 g/mol. The third-order valence-corrected chi connectivity index (χ3v) is 5.20. The van der Waals surface area contributed by atoms with Crippen LogP contribution in [0.3, 0.4) is 0 Å². The smallest absolute Gasteiger partial charge is 0.219 e. The van der Waals surface area contributed by atoms with Crippen molar-refractivity contribution >= 4 is 11.7 Å². The summed E-state index contributed by atoms with van der Waals surface area (Å²) < 4.78 is 11.3. The van der Waals surface area contributed by atoms with E-state index in [-0.39, 0.29) is 12.0 Å². The Morgan fingerprint density at radius 2 is 1.46 bits per heavy atom. The Labute approximate surface area is 173 Å². The SMILES string of the molecule is CC.CC(C)OC1CCC(OCCC(N)=O)CC1.CCC(=O)C1CCCCC1. The average molecular weight is 400 g/mol. The predicted octanol–water partition coefficient (Wildman–Crippen LogP) is 5.19. The van der Waals surface area contributed by atoms with Crippen LogP contribution >= 0.6 is 0 Å². The zero-order chi connectivity index (χ0) is 21.4. The van der Waals surface area contributed by atoms with E-state index in [0.29, 0.717) is 36.9 Å². The molecule has 2 saturated carbocycles. The average Bonchev–Trinajstić information content (AvgIpc) is 2.71. The summed E-state index contributed by atoms with van der Waals surface area (Å²) >= 11 is 0. The van der Waals surface area contributed by atoms with Crippen molar-refractivity contribution in [2.24, 2.45) is 11.7 Å². The van der Waals surface area contributed by atoms with Gasteiger partial charge in [-0.2, -0.15) is 0 Å². The number of primary amides is 1. The molecule has 1 amide bonds. The van der Waals surface area contributed by atoms with Crippen LogP contribution in [0.1, 0.15) is 105 Å². The van der Waals surface area contributed by atoms with Crippen LogP contribution in [0.5, 0.6) is 0 Å². The van der Waals surface area contributed by atoms with Gasteiger partial charge in [-0.1, -0.05) is 40.0 Å². The Morgan fingerprint density at radius 3 is 1.93 bits per heavy atom. The molecule has 0 atom stereocenters. The number of Topliss-reactive ketones (excluding diaryl/α,β-unsaturated/α-hetero) is 1. The highest BCUT2D eigenvalue weighted by molar-refractivity contribution is 5.80. The molecular formula is C23H45NO4. The third kappa shape index (κ3) is 13.3. The van der Waals surface area contributed by atoms with Crippen molar-refractivity contribution in [3.63, 3.8) is 0 Å². The topological polar surface area (TPSA) is 78.6 Å². The lowest BCUT2D eigenvalue weighted by atomic mass is 9.85. The first kappa shape index (κ1) is 27.1. The summed E-state index contributed by atoms with van der Waals surface area (Å²) in [6.45, 7) is 10.6. The molecule has 0 aromatic carbocycles. The minimum absolute atomic E-state index is 0.284. The second kappa shape index (κ2) is 17.0. The molecule has 0 unspecified atom stereocenters. The standard InChI is InChI=1S/C12H23NO3.C9H16O.C2H6/c1-9(2)16-11-5-3-10(4-6-11)15-8-7-12(13)14;1-2-9(10)8-6-4-3-5-7-8;1-2/h9-11H,3-8H2,1-2H3,(H2,13,14);8H,2-7H2,1H3;1-2H3. The number of amides is 1. The van der Waals surface area contributed by atoms with Crippen molar-refractivity contribution in [2.75, 3.05) is 6.61 Å². The van der Waals surface area contributed by atoms with Crippen LogP contribution in [0, 0.1) is 5.92 Å². The van der Waals surface area contributed by atoms with Crippen LogP contribution in [0.25, 0.3) is 0 Å². The Kier molecular flexibility index (Phi) is 16.4. The van der Waals surface area contributed by atoms with Crippen molar-refractivity contribution in [2.45, 2.75) is 124 Å². The van der Waals surface area contributed by atoms with Gasteiger partial charge in [-0.25, -0.2) is 0 Å². The minimum atomic E-state index is -0.295. The molecule has 2 N–H and O–H groups in total. The Bertz CT molecular complexity index is 397. The lowest BCUT2D eigenvalue weighted by Gasteiger charge is -2.29. The van der Waals surface area contributed by atoms with Gasteiger partial charge in [0, 0.05) is 18.8 Å². The molecule has 0 saturated heterocycles. The molecule has 166 valence electrons. The quantitative estimate of drug-likeness (QED) is 0.609. The van der Waals surface area contributed by atoms with E-state index in [0.717, 1.165) is 44.9 Å². The number of hydrogen-bond acceptors (Lipinski definition) is 4. The fourth-order valence-electron chi connectivity index (χ4n) is 3.76. The number of nitrogens with two attached hydrogens (primary N) is 1. The van der Waals surface area contributed by atoms with Gasteiger partial charge in [-0.15, -0.1) is 0 Å². The first-order valence-electron chi connectivity index (χ1n) is 11.5. The van der Waals surface area contributed by atoms with E-state index >= 15 is 0 Å². The number of rotatable bonds is 8. The van der Waals surface area contributed by atoms with E-state index in [2.05, 4.69) is 13.8 Å². The van der Waals surface area contributed by atoms with Gasteiger partial charge >= 0.3 is 0 Å². The maximum absolute atomic E-state index is 11.2. The number of ketones is 1. The number of carbonyl (C=O) groups excluding carboxylic acids is 2. The molecule has 2 aliphatic rings. The molecule has 0 aromatic rings. The van der Waals surface area contributed by atoms with Crippen LogP contribution < -0.4 is 5.73 Å². The fraction of sp³-hybridized carbons (Fsp3) is 0.913. The Morgan fingerprint density at radius 1 is 0.929 bits per heavy atom. The van der Waals surface area contributed by atoms with Crippen LogP contribution in [-0.2, 0) is 19.1 Å². The molecule has 0 bridgehead atoms. The van der Waals surface area contributed by atoms with Gasteiger partial charge in [0.2, 0.25) is 5.91 Å². The highest BCUT2D eigenvalue weighted by Crippen LogP contribution is 2.25. The summed E-state index contributed by atoms with van der Waals surface area (Å²) in [5, 5.41) is 0. The molecular weight excluding hydrogens is 354 g/mol. The van der Waals surface area contributed by atoms with Gasteiger partial charge in [0.05, 0.1) is 24.9 Å². The van der Waals surface area contributed by atoms with Crippen molar-refractivity contribution in [1.29, 1.82) is 0 Å². The molecule has 2 aliphatic carbocycles. The van der Waals surface area contributed by atoms with Crippen molar-refractivity contribution in [3.8, 4) is 0 Å². The van der Waals surface area contributed by atoms with E-state index in [9.17, 15) is 9.59 Å². The number of carbonyl (C=O) groups is 2. The van der Waals surface area contributed by atoms with Crippen molar-refractivity contribution < 1.29 is 19.1 Å².